The van der Waals surface area contributed by atoms with E-state index in [-0.39, 0.29) is 5.91 Å². The fraction of sp³-hybridized carbons (Fsp3) is 0.714. The van der Waals surface area contributed by atoms with Crippen LogP contribution < -0.4 is 0 Å². The second-order valence-corrected chi connectivity index (χ2v) is 9.32. The van der Waals surface area contributed by atoms with Gasteiger partial charge in [-0.1, -0.05) is 13.3 Å². The van der Waals surface area contributed by atoms with E-state index >= 15 is 0 Å². The van der Waals surface area contributed by atoms with Crippen molar-refractivity contribution < 1.29 is 19.4 Å². The van der Waals surface area contributed by atoms with Crippen LogP contribution in [0.4, 0.5) is 0 Å². The van der Waals surface area contributed by atoms with E-state index in [1.807, 2.05) is 11.0 Å². The summed E-state index contributed by atoms with van der Waals surface area (Å²) >= 11 is 1.35. The molecule has 7 heteroatoms. The molecule has 1 atom stereocenters. The predicted octanol–water partition coefficient (Wildman–Crippen LogP) is 3.10. The summed E-state index contributed by atoms with van der Waals surface area (Å²) in [7, 11) is 0. The molecule has 0 aromatic carbocycles. The van der Waals surface area contributed by atoms with Gasteiger partial charge in [-0.05, 0) is 56.7 Å². The minimum absolute atomic E-state index is 0.226. The van der Waals surface area contributed by atoms with Crippen molar-refractivity contribution in [3.8, 4) is 0 Å². The van der Waals surface area contributed by atoms with Crippen molar-refractivity contribution in [2.45, 2.75) is 63.5 Å². The van der Waals surface area contributed by atoms with Crippen LogP contribution in [-0.2, 0) is 21.6 Å². The highest BCUT2D eigenvalue weighted by Crippen LogP contribution is 2.45. The summed E-state index contributed by atoms with van der Waals surface area (Å²) in [6.45, 7) is 5.76. The van der Waals surface area contributed by atoms with Gasteiger partial charge in [0.2, 0.25) is 5.91 Å². The Morgan fingerprint density at radius 3 is 2.79 bits per heavy atom. The number of carboxylic acid groups (broad SMARTS) is 1. The Labute approximate surface area is 170 Å². The van der Waals surface area contributed by atoms with Crippen LogP contribution in [0, 0.1) is 0 Å². The third-order valence-corrected chi connectivity index (χ3v) is 8.02. The Balaban J connectivity index is 1.41. The van der Waals surface area contributed by atoms with E-state index in [2.05, 4.69) is 11.8 Å². The molecular weight excluding hydrogens is 376 g/mol. The predicted molar refractivity (Wildman–Crippen MR) is 108 cm³/mol. The highest BCUT2D eigenvalue weighted by atomic mass is 32.1. The van der Waals surface area contributed by atoms with Crippen LogP contribution in [0.15, 0.2) is 6.07 Å². The number of hydrogen-bond acceptors (Lipinski definition) is 5. The molecule has 0 aliphatic carbocycles. The number of aromatic carboxylic acids is 1. The topological polar surface area (TPSA) is 70.1 Å². The van der Waals surface area contributed by atoms with Gasteiger partial charge in [-0.25, -0.2) is 4.79 Å². The van der Waals surface area contributed by atoms with Crippen molar-refractivity contribution in [3.05, 3.63) is 21.4 Å². The van der Waals surface area contributed by atoms with Gasteiger partial charge in [-0.15, -0.1) is 11.3 Å². The lowest BCUT2D eigenvalue weighted by molar-refractivity contribution is -0.142. The van der Waals surface area contributed by atoms with Gasteiger partial charge in [0, 0.05) is 24.0 Å². The number of amides is 1. The van der Waals surface area contributed by atoms with E-state index in [1.54, 1.807) is 0 Å². The average Bonchev–Trinajstić information content (AvgIpc) is 3.15. The number of nitrogens with zero attached hydrogens (tertiary/aromatic N) is 2. The van der Waals surface area contributed by atoms with E-state index in [0.29, 0.717) is 37.2 Å². The number of hydrogen-bond donors (Lipinski definition) is 1. The van der Waals surface area contributed by atoms with Crippen LogP contribution in [0.25, 0.3) is 0 Å². The summed E-state index contributed by atoms with van der Waals surface area (Å²) < 4.78 is 6.21. The molecule has 1 unspecified atom stereocenters. The van der Waals surface area contributed by atoms with Gasteiger partial charge in [0.15, 0.2) is 0 Å². The van der Waals surface area contributed by atoms with Gasteiger partial charge < -0.3 is 14.7 Å². The molecule has 1 N–H and O–H groups in total. The largest absolute Gasteiger partial charge is 0.477 e. The quantitative estimate of drug-likeness (QED) is 0.832. The highest BCUT2D eigenvalue weighted by molar-refractivity contribution is 7.14. The maximum absolute atomic E-state index is 12.9. The van der Waals surface area contributed by atoms with E-state index in [1.165, 1.54) is 30.6 Å². The van der Waals surface area contributed by atoms with Gasteiger partial charge in [0.05, 0.1) is 13.2 Å². The lowest BCUT2D eigenvalue weighted by Gasteiger charge is -2.44. The molecular formula is C21H30N2O4S. The second kappa shape index (κ2) is 8.13. The third kappa shape index (κ3) is 3.72. The van der Waals surface area contributed by atoms with Crippen LogP contribution in [0.3, 0.4) is 0 Å². The lowest BCUT2D eigenvalue weighted by Crippen LogP contribution is -2.51. The Kier molecular flexibility index (Phi) is 5.76. The van der Waals surface area contributed by atoms with Crippen LogP contribution in [0.1, 0.15) is 65.6 Å². The highest BCUT2D eigenvalue weighted by Gasteiger charge is 2.43. The first-order chi connectivity index (χ1) is 13.5. The van der Waals surface area contributed by atoms with Crippen LogP contribution in [0.2, 0.25) is 0 Å². The maximum atomic E-state index is 12.9. The monoisotopic (exact) mass is 406 g/mol. The fourth-order valence-corrected chi connectivity index (χ4v) is 6.27. The van der Waals surface area contributed by atoms with Crippen molar-refractivity contribution in [2.24, 2.45) is 0 Å². The molecule has 0 radical (unpaired) electrons. The Hall–Kier alpha value is -1.44. The van der Waals surface area contributed by atoms with Crippen molar-refractivity contribution in [3.63, 3.8) is 0 Å². The Morgan fingerprint density at radius 2 is 2.07 bits per heavy atom. The molecule has 1 spiro atoms. The smallest absolute Gasteiger partial charge is 0.345 e. The molecule has 1 aromatic rings. The molecule has 1 aromatic heterocycles. The summed E-state index contributed by atoms with van der Waals surface area (Å²) in [5.74, 6) is -0.641. The van der Waals surface area contributed by atoms with Gasteiger partial charge in [-0.2, -0.15) is 0 Å². The molecule has 4 heterocycles. The summed E-state index contributed by atoms with van der Waals surface area (Å²) in [6, 6.07) is 2.35. The van der Waals surface area contributed by atoms with Crippen LogP contribution >= 0.6 is 11.3 Å². The van der Waals surface area contributed by atoms with Crippen LogP contribution in [0.5, 0.6) is 0 Å². The second-order valence-electron chi connectivity index (χ2n) is 8.27. The standard InChI is InChI=1S/C21H30N2O4S/c1-2-16-5-3-4-9-23(16)14-18(24)22-10-7-21(8-11-22)19-15(6-12-27-21)13-17(28-19)20(25)26/h13,16H,2-12,14H2,1H3,(H,25,26). The molecule has 3 aliphatic heterocycles. The van der Waals surface area contributed by atoms with E-state index in [4.69, 9.17) is 4.74 Å². The van der Waals surface area contributed by atoms with E-state index < -0.39 is 11.6 Å². The number of carboxylic acids is 1. The van der Waals surface area contributed by atoms with Gasteiger partial charge in [-0.3, -0.25) is 9.69 Å². The van der Waals surface area contributed by atoms with Gasteiger partial charge >= 0.3 is 5.97 Å². The normalized spacial score (nSPS) is 24.9. The first kappa shape index (κ1) is 19.9. The Bertz CT molecular complexity index is 739. The zero-order chi connectivity index (χ0) is 19.7. The van der Waals surface area contributed by atoms with E-state index in [0.717, 1.165) is 42.7 Å². The first-order valence-corrected chi connectivity index (χ1v) is 11.4. The summed E-state index contributed by atoms with van der Waals surface area (Å²) in [6.07, 6.45) is 7.05. The molecule has 6 nitrogen and oxygen atoms in total. The number of carbonyl (C=O) groups is 2. The molecule has 2 fully saturated rings. The summed E-state index contributed by atoms with van der Waals surface area (Å²) in [4.78, 5) is 30.1. The molecule has 2 saturated heterocycles. The zero-order valence-corrected chi connectivity index (χ0v) is 17.4. The number of fused-ring (bicyclic) bond motifs is 2. The zero-order valence-electron chi connectivity index (χ0n) is 16.6. The number of thiophene rings is 1. The summed E-state index contributed by atoms with van der Waals surface area (Å²) in [5, 5.41) is 9.35. The van der Waals surface area contributed by atoms with Crippen molar-refractivity contribution >= 4 is 23.2 Å². The minimum Gasteiger partial charge on any atom is -0.477 e. The average molecular weight is 407 g/mol. The van der Waals surface area contributed by atoms with Crippen molar-refractivity contribution in [2.75, 3.05) is 32.8 Å². The van der Waals surface area contributed by atoms with Crippen molar-refractivity contribution in [1.29, 1.82) is 0 Å². The minimum atomic E-state index is -0.867. The first-order valence-electron chi connectivity index (χ1n) is 10.5. The number of ether oxygens (including phenoxy) is 1. The third-order valence-electron chi connectivity index (χ3n) is 6.67. The number of carbonyl (C=O) groups excluding carboxylic acids is 1. The number of piperidine rings is 2. The molecule has 28 heavy (non-hydrogen) atoms. The Morgan fingerprint density at radius 1 is 1.29 bits per heavy atom. The lowest BCUT2D eigenvalue weighted by atomic mass is 9.85. The molecule has 154 valence electrons. The molecule has 1 amide bonds. The van der Waals surface area contributed by atoms with Gasteiger partial charge in [0.25, 0.3) is 0 Å². The molecule has 0 bridgehead atoms. The number of rotatable bonds is 4. The molecule has 4 rings (SSSR count). The SMILES string of the molecule is CCC1CCCCN1CC(=O)N1CCC2(CC1)OCCc1cc(C(=O)O)sc12. The molecule has 3 aliphatic rings. The maximum Gasteiger partial charge on any atom is 0.345 e. The van der Waals surface area contributed by atoms with Crippen molar-refractivity contribution in [1.82, 2.24) is 9.80 Å². The number of likely N-dealkylation sites (tertiary alicyclic amines) is 2. The molecule has 0 saturated carbocycles. The van der Waals surface area contributed by atoms with E-state index in [9.17, 15) is 14.7 Å². The fourth-order valence-electron chi connectivity index (χ4n) is 5.02. The van der Waals surface area contributed by atoms with Gasteiger partial charge in [0.1, 0.15) is 10.5 Å². The van der Waals surface area contributed by atoms with Crippen LogP contribution in [-0.4, -0.2) is 65.6 Å². The summed E-state index contributed by atoms with van der Waals surface area (Å²) in [5.41, 5.74) is 0.715.